The van der Waals surface area contributed by atoms with E-state index < -0.39 is 18.9 Å². The zero-order chi connectivity index (χ0) is 12.8. The number of alkyl halides is 2. The first-order chi connectivity index (χ1) is 8.06. The van der Waals surface area contributed by atoms with Crippen LogP contribution in [-0.2, 0) is 11.3 Å². The Morgan fingerprint density at radius 3 is 3.00 bits per heavy atom. The van der Waals surface area contributed by atoms with Crippen LogP contribution in [-0.4, -0.2) is 42.4 Å². The van der Waals surface area contributed by atoms with Crippen LogP contribution in [0.3, 0.4) is 0 Å². The van der Waals surface area contributed by atoms with Crippen LogP contribution in [0.4, 0.5) is 14.5 Å². The van der Waals surface area contributed by atoms with Crippen molar-refractivity contribution >= 4 is 11.6 Å². The summed E-state index contributed by atoms with van der Waals surface area (Å²) in [6.45, 7) is -0.0620. The van der Waals surface area contributed by atoms with Gasteiger partial charge in [-0.25, -0.2) is 8.78 Å². The summed E-state index contributed by atoms with van der Waals surface area (Å²) in [5, 5.41) is 6.12. The fourth-order valence-corrected chi connectivity index (χ4v) is 1.27. The Hall–Kier alpha value is -1.70. The quantitative estimate of drug-likeness (QED) is 0.700. The molecule has 0 aliphatic rings. The third kappa shape index (κ3) is 3.66. The molecule has 1 amide bonds. The third-order valence-corrected chi connectivity index (χ3v) is 1.99. The number of rotatable bonds is 6. The van der Waals surface area contributed by atoms with E-state index in [0.717, 1.165) is 4.68 Å². The summed E-state index contributed by atoms with van der Waals surface area (Å²) in [7, 11) is 1.49. The highest BCUT2D eigenvalue weighted by atomic mass is 19.3. The monoisotopic (exact) mass is 248 g/mol. The second-order valence-electron chi connectivity index (χ2n) is 3.27. The molecule has 17 heavy (non-hydrogen) atoms. The molecule has 1 aromatic heterocycles. The molecule has 0 atom stereocenters. The molecule has 6 nitrogen and oxygen atoms in total. The first kappa shape index (κ1) is 13.4. The minimum Gasteiger partial charge on any atom is -0.396 e. The number of amides is 1. The van der Waals surface area contributed by atoms with Crippen LogP contribution in [0.15, 0.2) is 6.20 Å². The molecule has 0 unspecified atom stereocenters. The lowest BCUT2D eigenvalue weighted by molar-refractivity contribution is 0.0909. The molecule has 0 bridgehead atoms. The summed E-state index contributed by atoms with van der Waals surface area (Å²) in [4.78, 5) is 11.7. The lowest BCUT2D eigenvalue weighted by Gasteiger charge is -2.08. The Kier molecular flexibility index (Phi) is 4.83. The second kappa shape index (κ2) is 6.14. The number of carbonyl (C=O) groups excluding carboxylic acids is 1. The Balaban J connectivity index is 2.73. The topological polar surface area (TPSA) is 82.2 Å². The first-order valence-corrected chi connectivity index (χ1v) is 4.92. The number of aromatic nitrogens is 2. The molecule has 0 saturated heterocycles. The van der Waals surface area contributed by atoms with E-state index in [1.54, 1.807) is 0 Å². The van der Waals surface area contributed by atoms with Crippen molar-refractivity contribution in [2.75, 3.05) is 26.0 Å². The number of hydrogen-bond donors (Lipinski definition) is 2. The van der Waals surface area contributed by atoms with E-state index in [2.05, 4.69) is 10.4 Å². The molecular formula is C9H14F2N4O2. The highest BCUT2D eigenvalue weighted by molar-refractivity contribution is 5.97. The molecular weight excluding hydrogens is 234 g/mol. The third-order valence-electron chi connectivity index (χ3n) is 1.99. The summed E-state index contributed by atoms with van der Waals surface area (Å²) in [6.07, 6.45) is -1.42. The summed E-state index contributed by atoms with van der Waals surface area (Å²) < 4.78 is 30.1. The molecule has 0 aliphatic carbocycles. The summed E-state index contributed by atoms with van der Waals surface area (Å²) in [5.74, 6) is -0.544. The highest BCUT2D eigenvalue weighted by Crippen LogP contribution is 2.12. The van der Waals surface area contributed by atoms with Gasteiger partial charge >= 0.3 is 0 Å². The van der Waals surface area contributed by atoms with Gasteiger partial charge in [-0.15, -0.1) is 0 Å². The van der Waals surface area contributed by atoms with Gasteiger partial charge in [-0.3, -0.25) is 9.48 Å². The summed E-state index contributed by atoms with van der Waals surface area (Å²) in [5.41, 5.74) is 5.52. The number of nitrogens with one attached hydrogen (secondary N) is 1. The van der Waals surface area contributed by atoms with E-state index in [9.17, 15) is 13.6 Å². The van der Waals surface area contributed by atoms with Gasteiger partial charge in [-0.05, 0) is 0 Å². The molecule has 0 saturated carbocycles. The first-order valence-electron chi connectivity index (χ1n) is 4.92. The van der Waals surface area contributed by atoms with Crippen LogP contribution in [0.1, 0.15) is 10.5 Å². The molecule has 3 N–H and O–H groups in total. The number of nitrogens with two attached hydrogens (primary N) is 1. The average molecular weight is 248 g/mol. The zero-order valence-corrected chi connectivity index (χ0v) is 9.32. The number of ether oxygens (including phenoxy) is 1. The van der Waals surface area contributed by atoms with Crippen LogP contribution in [0.25, 0.3) is 0 Å². The molecule has 0 aliphatic heterocycles. The molecule has 1 heterocycles. The Morgan fingerprint density at radius 1 is 1.71 bits per heavy atom. The number of carbonyl (C=O) groups is 1. The van der Waals surface area contributed by atoms with Crippen molar-refractivity contribution < 1.29 is 18.3 Å². The van der Waals surface area contributed by atoms with Crippen molar-refractivity contribution in [3.05, 3.63) is 11.9 Å². The average Bonchev–Trinajstić information content (AvgIpc) is 2.59. The van der Waals surface area contributed by atoms with Gasteiger partial charge in [0.15, 0.2) is 0 Å². The SMILES string of the molecule is COCCNC(=O)c1c(N)cnn1CC(F)F. The van der Waals surface area contributed by atoms with Crippen molar-refractivity contribution in [1.82, 2.24) is 15.1 Å². The van der Waals surface area contributed by atoms with Crippen LogP contribution in [0.2, 0.25) is 0 Å². The minimum absolute atomic E-state index is 0.0543. The van der Waals surface area contributed by atoms with Gasteiger partial charge < -0.3 is 15.8 Å². The maximum Gasteiger partial charge on any atom is 0.271 e. The number of halogens is 2. The lowest BCUT2D eigenvalue weighted by Crippen LogP contribution is -2.30. The van der Waals surface area contributed by atoms with Crippen molar-refractivity contribution in [3.8, 4) is 0 Å². The highest BCUT2D eigenvalue weighted by Gasteiger charge is 2.18. The molecule has 0 fully saturated rings. The Labute approximate surface area is 96.7 Å². The standard InChI is InChI=1S/C9H14F2N4O2/c1-17-3-2-13-9(16)8-6(12)4-14-15(8)5-7(10)11/h4,7H,2-3,5,12H2,1H3,(H,13,16). The molecule has 0 aromatic carbocycles. The smallest absolute Gasteiger partial charge is 0.271 e. The maximum absolute atomic E-state index is 12.2. The van der Waals surface area contributed by atoms with E-state index in [1.165, 1.54) is 13.3 Å². The van der Waals surface area contributed by atoms with Gasteiger partial charge in [0.05, 0.1) is 18.5 Å². The van der Waals surface area contributed by atoms with E-state index in [4.69, 9.17) is 10.5 Å². The van der Waals surface area contributed by atoms with Gasteiger partial charge in [0.25, 0.3) is 12.3 Å². The number of methoxy groups -OCH3 is 1. The second-order valence-corrected chi connectivity index (χ2v) is 3.27. The van der Waals surface area contributed by atoms with E-state index >= 15 is 0 Å². The van der Waals surface area contributed by atoms with Gasteiger partial charge in [0, 0.05) is 13.7 Å². The van der Waals surface area contributed by atoms with Crippen molar-refractivity contribution in [3.63, 3.8) is 0 Å². The fraction of sp³-hybridized carbons (Fsp3) is 0.556. The Morgan fingerprint density at radius 2 is 2.41 bits per heavy atom. The molecule has 1 aromatic rings. The number of nitrogen functional groups attached to an aromatic ring is 1. The van der Waals surface area contributed by atoms with Crippen molar-refractivity contribution in [2.24, 2.45) is 0 Å². The van der Waals surface area contributed by atoms with Crippen LogP contribution in [0.5, 0.6) is 0 Å². The predicted octanol–water partition coefficient (Wildman–Crippen LogP) is 0.107. The van der Waals surface area contributed by atoms with Gasteiger partial charge in [0.2, 0.25) is 0 Å². The van der Waals surface area contributed by atoms with E-state index in [0.29, 0.717) is 6.61 Å². The summed E-state index contributed by atoms with van der Waals surface area (Å²) >= 11 is 0. The molecule has 0 radical (unpaired) electrons. The molecule has 0 spiro atoms. The minimum atomic E-state index is -2.60. The fourth-order valence-electron chi connectivity index (χ4n) is 1.27. The van der Waals surface area contributed by atoms with Crippen molar-refractivity contribution in [2.45, 2.75) is 13.0 Å². The van der Waals surface area contributed by atoms with Gasteiger partial charge in [0.1, 0.15) is 12.2 Å². The van der Waals surface area contributed by atoms with Gasteiger partial charge in [-0.2, -0.15) is 5.10 Å². The predicted molar refractivity (Wildman–Crippen MR) is 56.9 cm³/mol. The normalized spacial score (nSPS) is 10.8. The summed E-state index contributed by atoms with van der Waals surface area (Å²) in [6, 6.07) is 0. The van der Waals surface area contributed by atoms with E-state index in [-0.39, 0.29) is 17.9 Å². The molecule has 8 heteroatoms. The van der Waals surface area contributed by atoms with Crippen molar-refractivity contribution in [1.29, 1.82) is 0 Å². The lowest BCUT2D eigenvalue weighted by atomic mass is 10.3. The number of anilines is 1. The zero-order valence-electron chi connectivity index (χ0n) is 9.32. The van der Waals surface area contributed by atoms with Crippen LogP contribution >= 0.6 is 0 Å². The van der Waals surface area contributed by atoms with Gasteiger partial charge in [-0.1, -0.05) is 0 Å². The largest absolute Gasteiger partial charge is 0.396 e. The number of hydrogen-bond acceptors (Lipinski definition) is 4. The van der Waals surface area contributed by atoms with Crippen LogP contribution < -0.4 is 11.1 Å². The molecule has 1 rings (SSSR count). The molecule has 96 valence electrons. The Bertz CT molecular complexity index is 381. The van der Waals surface area contributed by atoms with Crippen LogP contribution in [0, 0.1) is 0 Å². The maximum atomic E-state index is 12.2. The number of nitrogens with zero attached hydrogens (tertiary/aromatic N) is 2. The van der Waals surface area contributed by atoms with E-state index in [1.807, 2.05) is 0 Å².